The molecule has 302 valence electrons. The molecule has 0 bridgehead atoms. The van der Waals surface area contributed by atoms with Crippen molar-refractivity contribution in [2.75, 3.05) is 43.4 Å². The monoisotopic (exact) mass is 806 g/mol. The first-order valence-corrected chi connectivity index (χ1v) is 20.3. The van der Waals surface area contributed by atoms with Crippen LogP contribution in [0, 0.1) is 0 Å². The number of benzene rings is 9. The minimum Gasteiger partial charge on any atom is -0.399 e. The van der Waals surface area contributed by atoms with E-state index in [1.165, 1.54) is 0 Å². The lowest BCUT2D eigenvalue weighted by Gasteiger charge is -2.27. The van der Waals surface area contributed by atoms with E-state index in [2.05, 4.69) is 124 Å². The lowest BCUT2D eigenvalue weighted by Crippen LogP contribution is -2.10. The molecule has 0 spiro atoms. The Kier molecular flexibility index (Phi) is 10.6. The van der Waals surface area contributed by atoms with Crippen molar-refractivity contribution in [1.29, 1.82) is 0 Å². The first-order valence-electron chi connectivity index (χ1n) is 20.3. The van der Waals surface area contributed by atoms with Gasteiger partial charge in [0.2, 0.25) is 0 Å². The fraction of sp³-hybridized carbons (Fsp3) is 0. The second-order valence-corrected chi connectivity index (χ2v) is 15.2. The minimum absolute atomic E-state index is 0.712. The molecule has 62 heavy (non-hydrogen) atoms. The zero-order valence-electron chi connectivity index (χ0n) is 34.0. The summed E-state index contributed by atoms with van der Waals surface area (Å²) < 4.78 is 0. The lowest BCUT2D eigenvalue weighted by molar-refractivity contribution is 1.28. The molecule has 0 amide bonds. The Balaban J connectivity index is 0.980. The van der Waals surface area contributed by atoms with Crippen molar-refractivity contribution in [1.82, 2.24) is 0 Å². The predicted molar refractivity (Wildman–Crippen MR) is 263 cm³/mol. The Labute approximate surface area is 362 Å². The smallest absolute Gasteiger partial charge is 0.0463 e. The molecular weight excluding hydrogens is 761 g/mol. The van der Waals surface area contributed by atoms with Gasteiger partial charge in [0.15, 0.2) is 0 Å². The van der Waals surface area contributed by atoms with Gasteiger partial charge in [-0.1, -0.05) is 48.5 Å². The molecule has 0 radical (unpaired) electrons. The van der Waals surface area contributed by atoms with Crippen molar-refractivity contribution in [3.63, 3.8) is 0 Å². The van der Waals surface area contributed by atoms with Crippen molar-refractivity contribution >= 4 is 79.6 Å². The van der Waals surface area contributed by atoms with Gasteiger partial charge >= 0.3 is 0 Å². The zero-order chi connectivity index (χ0) is 42.6. The third-order valence-corrected chi connectivity index (χ3v) is 10.9. The van der Waals surface area contributed by atoms with Crippen LogP contribution in [0.4, 0.5) is 79.6 Å². The molecule has 9 aromatic rings. The number of nitrogen functional groups attached to an aromatic ring is 5. The van der Waals surface area contributed by atoms with Crippen LogP contribution in [0.1, 0.15) is 0 Å². The van der Waals surface area contributed by atoms with Crippen LogP contribution in [0.25, 0.3) is 22.3 Å². The van der Waals surface area contributed by atoms with Crippen LogP contribution in [0.15, 0.2) is 218 Å². The summed E-state index contributed by atoms with van der Waals surface area (Å²) in [6.07, 6.45) is 0. The molecule has 10 N–H and O–H groups in total. The van der Waals surface area contributed by atoms with Gasteiger partial charge < -0.3 is 43.4 Å². The summed E-state index contributed by atoms with van der Waals surface area (Å²) in [5.41, 5.74) is 47.4. The fourth-order valence-electron chi connectivity index (χ4n) is 7.67. The van der Waals surface area contributed by atoms with Gasteiger partial charge in [0.25, 0.3) is 0 Å². The van der Waals surface area contributed by atoms with Gasteiger partial charge in [-0.2, -0.15) is 0 Å². The Hall–Kier alpha value is -8.62. The molecule has 0 aliphatic carbocycles. The quantitative estimate of drug-likeness (QED) is 0.0814. The van der Waals surface area contributed by atoms with Gasteiger partial charge in [-0.15, -0.1) is 0 Å². The minimum atomic E-state index is 0.712. The molecule has 0 saturated carbocycles. The van der Waals surface area contributed by atoms with E-state index in [1.54, 1.807) is 0 Å². The van der Waals surface area contributed by atoms with Gasteiger partial charge in [-0.05, 0) is 192 Å². The molecule has 0 aliphatic heterocycles. The van der Waals surface area contributed by atoms with E-state index in [-0.39, 0.29) is 0 Å². The molecule has 9 aromatic carbocycles. The van der Waals surface area contributed by atoms with Crippen molar-refractivity contribution in [3.05, 3.63) is 218 Å². The van der Waals surface area contributed by atoms with Crippen molar-refractivity contribution < 1.29 is 0 Å². The Bertz CT molecular complexity index is 2610. The summed E-state index contributed by atoms with van der Waals surface area (Å²) in [4.78, 5) is 6.63. The van der Waals surface area contributed by atoms with Crippen LogP contribution in [-0.2, 0) is 0 Å². The van der Waals surface area contributed by atoms with Crippen LogP contribution < -0.4 is 43.4 Å². The number of anilines is 14. The van der Waals surface area contributed by atoms with E-state index in [4.69, 9.17) is 28.7 Å². The number of rotatable bonds is 11. The van der Waals surface area contributed by atoms with Crippen molar-refractivity contribution in [3.8, 4) is 22.3 Å². The highest BCUT2D eigenvalue weighted by molar-refractivity contribution is 5.84. The molecule has 8 heteroatoms. The number of hydrogen-bond donors (Lipinski definition) is 5. The maximum absolute atomic E-state index is 6.14. The van der Waals surface area contributed by atoms with Gasteiger partial charge in [-0.25, -0.2) is 0 Å². The average Bonchev–Trinajstić information content (AvgIpc) is 3.31. The van der Waals surface area contributed by atoms with Gasteiger partial charge in [0.1, 0.15) is 0 Å². The molecule has 0 atom stereocenters. The molecule has 0 aromatic heterocycles. The second kappa shape index (κ2) is 16.9. The van der Waals surface area contributed by atoms with Gasteiger partial charge in [0, 0.05) is 79.6 Å². The average molecular weight is 807 g/mol. The molecule has 0 aliphatic rings. The molecular formula is C54H46N8. The SMILES string of the molecule is Nc1ccc(N(c2ccc(N)cc2)c2ccc(-c3ccc(N(c4ccc(N)cc4)c4ccc(-c5ccc(N(c6ccc(N)cc6)c6ccc(N)cc6)cc5)cc4)cc3)cc2)cc1. The van der Waals surface area contributed by atoms with Crippen LogP contribution >= 0.6 is 0 Å². The summed E-state index contributed by atoms with van der Waals surface area (Å²) in [5, 5.41) is 0. The number of hydrogen-bond acceptors (Lipinski definition) is 8. The summed E-state index contributed by atoms with van der Waals surface area (Å²) in [6, 6.07) is 74.0. The van der Waals surface area contributed by atoms with Gasteiger partial charge in [0.05, 0.1) is 0 Å². The van der Waals surface area contributed by atoms with E-state index in [0.717, 1.165) is 73.4 Å². The standard InChI is InChI=1S/C54H46N8/c55-41-9-27-50(28-10-41)60(46-19-1-37(2-20-46)39-5-23-48(24-6-39)61(51-29-11-42(56)12-30-51)52-31-13-43(57)14-32-52)47-21-3-38(4-22-47)40-7-25-49(26-8-40)62(53-33-15-44(58)16-34-53)54-35-17-45(59)18-36-54/h1-36H,55-59H2. The highest BCUT2D eigenvalue weighted by Gasteiger charge is 2.17. The maximum atomic E-state index is 6.14. The molecule has 0 saturated heterocycles. The van der Waals surface area contributed by atoms with E-state index >= 15 is 0 Å². The lowest BCUT2D eigenvalue weighted by atomic mass is 10.0. The summed E-state index contributed by atoms with van der Waals surface area (Å²) >= 11 is 0. The largest absolute Gasteiger partial charge is 0.399 e. The summed E-state index contributed by atoms with van der Waals surface area (Å²) in [6.45, 7) is 0. The van der Waals surface area contributed by atoms with E-state index in [9.17, 15) is 0 Å². The molecule has 0 fully saturated rings. The molecule has 9 rings (SSSR count). The highest BCUT2D eigenvalue weighted by Crippen LogP contribution is 2.40. The predicted octanol–water partition coefficient (Wildman–Crippen LogP) is 13.3. The van der Waals surface area contributed by atoms with Crippen LogP contribution in [0.2, 0.25) is 0 Å². The Morgan fingerprint density at radius 3 is 0.403 bits per heavy atom. The summed E-state index contributed by atoms with van der Waals surface area (Å²) in [7, 11) is 0. The van der Waals surface area contributed by atoms with E-state index in [0.29, 0.717) is 28.4 Å². The van der Waals surface area contributed by atoms with Crippen molar-refractivity contribution in [2.45, 2.75) is 0 Å². The number of nitrogens with two attached hydrogens (primary N) is 5. The van der Waals surface area contributed by atoms with Gasteiger partial charge in [-0.3, -0.25) is 0 Å². The first-order chi connectivity index (χ1) is 30.3. The van der Waals surface area contributed by atoms with Crippen LogP contribution in [0.3, 0.4) is 0 Å². The Morgan fingerprint density at radius 1 is 0.161 bits per heavy atom. The fourth-order valence-corrected chi connectivity index (χ4v) is 7.67. The molecule has 0 unspecified atom stereocenters. The van der Waals surface area contributed by atoms with Crippen LogP contribution in [-0.4, -0.2) is 0 Å². The molecule has 0 heterocycles. The topological polar surface area (TPSA) is 140 Å². The van der Waals surface area contributed by atoms with E-state index < -0.39 is 0 Å². The summed E-state index contributed by atoms with van der Waals surface area (Å²) in [5.74, 6) is 0. The first kappa shape index (κ1) is 38.9. The van der Waals surface area contributed by atoms with Crippen molar-refractivity contribution in [2.24, 2.45) is 0 Å². The maximum Gasteiger partial charge on any atom is 0.0463 e. The second-order valence-electron chi connectivity index (χ2n) is 15.2. The third-order valence-electron chi connectivity index (χ3n) is 10.9. The highest BCUT2D eigenvalue weighted by atomic mass is 15.2. The number of nitrogens with zero attached hydrogens (tertiary/aromatic N) is 3. The zero-order valence-corrected chi connectivity index (χ0v) is 34.0. The normalized spacial score (nSPS) is 10.9. The Morgan fingerprint density at radius 2 is 0.274 bits per heavy atom. The molecule has 8 nitrogen and oxygen atoms in total. The third kappa shape index (κ3) is 8.30. The van der Waals surface area contributed by atoms with Crippen LogP contribution in [0.5, 0.6) is 0 Å². The van der Waals surface area contributed by atoms with E-state index in [1.807, 2.05) is 109 Å².